The number of nitrogens with two attached hydrogens (primary N) is 2. The molecule has 0 unspecified atom stereocenters. The Labute approximate surface area is 414 Å². The second-order valence-corrected chi connectivity index (χ2v) is 17.4. The van der Waals surface area contributed by atoms with Gasteiger partial charge in [-0.05, 0) is 97.5 Å². The standard InChI is InChI=1S/C50H60F2N10O10/c1-29(57-47(69)39(53)23-31-7-15-37(63)16-8-31)45(67)55-27-43(65)59-41(25-33-3-11-35(51)12-4-33)49(71)61-19-21-62(22-20-61)50(72)42(26-34-5-13-36(52)14-6-34)60-44(66)28-56-46(68)30(2)58-48(70)40(54)24-32-9-17-38(64)18-10-32/h3-18,29-30,39-42,63-64H,19-28,53-54H2,1-2H3,(H,55,67)(H,56,68)(H,57,69)(H,58,70)(H,59,65)(H,60,66)/t29-,30-,39+,40+,41+,42+/m1/s1. The molecule has 0 aromatic heterocycles. The number of nitrogens with zero attached hydrogens (tertiary/aromatic N) is 2. The maximum atomic E-state index is 14.1. The number of carbonyl (C=O) groups excluding carboxylic acids is 8. The number of hydrogen-bond donors (Lipinski definition) is 10. The average molecular weight is 999 g/mol. The van der Waals surface area contributed by atoms with Gasteiger partial charge >= 0.3 is 0 Å². The molecule has 20 nitrogen and oxygen atoms in total. The largest absolute Gasteiger partial charge is 0.508 e. The maximum Gasteiger partial charge on any atom is 0.245 e. The van der Waals surface area contributed by atoms with Crippen molar-refractivity contribution in [2.45, 2.75) is 75.8 Å². The second kappa shape index (κ2) is 26.3. The zero-order valence-electron chi connectivity index (χ0n) is 39.7. The first-order chi connectivity index (χ1) is 34.2. The Morgan fingerprint density at radius 2 is 0.764 bits per heavy atom. The third-order valence-corrected chi connectivity index (χ3v) is 11.7. The van der Waals surface area contributed by atoms with Crippen LogP contribution in [0.5, 0.6) is 11.5 Å². The summed E-state index contributed by atoms with van der Waals surface area (Å²) in [5.41, 5.74) is 14.4. The Morgan fingerprint density at radius 1 is 0.472 bits per heavy atom. The van der Waals surface area contributed by atoms with Crippen molar-refractivity contribution in [3.05, 3.63) is 131 Å². The number of hydrogen-bond acceptors (Lipinski definition) is 12. The van der Waals surface area contributed by atoms with Crippen LogP contribution in [-0.4, -0.2) is 143 Å². The molecule has 384 valence electrons. The van der Waals surface area contributed by atoms with E-state index < -0.39 is 108 Å². The summed E-state index contributed by atoms with van der Waals surface area (Å²) in [6, 6.07) is 16.2. The summed E-state index contributed by atoms with van der Waals surface area (Å²) in [7, 11) is 0. The molecule has 0 aliphatic carbocycles. The molecule has 5 rings (SSSR count). The molecule has 8 amide bonds. The number of benzene rings is 4. The minimum Gasteiger partial charge on any atom is -0.508 e. The van der Waals surface area contributed by atoms with Gasteiger partial charge in [-0.1, -0.05) is 48.5 Å². The lowest BCUT2D eigenvalue weighted by Crippen LogP contribution is -2.60. The molecule has 4 aromatic rings. The summed E-state index contributed by atoms with van der Waals surface area (Å²) < 4.78 is 27.6. The van der Waals surface area contributed by atoms with Gasteiger partial charge in [0.25, 0.3) is 0 Å². The van der Waals surface area contributed by atoms with Crippen molar-refractivity contribution in [1.82, 2.24) is 41.7 Å². The van der Waals surface area contributed by atoms with Crippen molar-refractivity contribution < 1.29 is 57.4 Å². The molecule has 0 saturated carbocycles. The summed E-state index contributed by atoms with van der Waals surface area (Å²) in [4.78, 5) is 109. The lowest BCUT2D eigenvalue weighted by molar-refractivity contribution is -0.143. The number of amides is 8. The zero-order chi connectivity index (χ0) is 52.5. The summed E-state index contributed by atoms with van der Waals surface area (Å²) in [5, 5.41) is 34.1. The van der Waals surface area contributed by atoms with Crippen LogP contribution in [0.15, 0.2) is 97.1 Å². The molecule has 0 spiro atoms. The molecular weight excluding hydrogens is 939 g/mol. The molecule has 72 heavy (non-hydrogen) atoms. The van der Waals surface area contributed by atoms with Crippen molar-refractivity contribution in [2.75, 3.05) is 39.3 Å². The van der Waals surface area contributed by atoms with Crippen molar-refractivity contribution in [3.8, 4) is 11.5 Å². The smallest absolute Gasteiger partial charge is 0.245 e. The molecule has 1 aliphatic rings. The highest BCUT2D eigenvalue weighted by atomic mass is 19.1. The molecule has 6 atom stereocenters. The van der Waals surface area contributed by atoms with Crippen LogP contribution in [0.4, 0.5) is 8.78 Å². The van der Waals surface area contributed by atoms with Gasteiger partial charge < -0.3 is 63.4 Å². The first-order valence-corrected chi connectivity index (χ1v) is 23.1. The molecular formula is C50H60F2N10O10. The topological polar surface area (TPSA) is 308 Å². The van der Waals surface area contributed by atoms with E-state index in [0.29, 0.717) is 22.3 Å². The molecule has 1 saturated heterocycles. The summed E-state index contributed by atoms with van der Waals surface area (Å²) in [6.07, 6.45) is 0.130. The summed E-state index contributed by atoms with van der Waals surface area (Å²) in [5.74, 6) is -6.19. The molecule has 12 N–H and O–H groups in total. The predicted molar refractivity (Wildman–Crippen MR) is 258 cm³/mol. The number of phenols is 2. The van der Waals surface area contributed by atoms with Gasteiger partial charge in [-0.3, -0.25) is 38.4 Å². The normalized spacial score (nSPS) is 14.8. The van der Waals surface area contributed by atoms with Crippen molar-refractivity contribution in [1.29, 1.82) is 0 Å². The first-order valence-electron chi connectivity index (χ1n) is 23.1. The van der Waals surface area contributed by atoms with Gasteiger partial charge in [0.05, 0.1) is 25.2 Å². The van der Waals surface area contributed by atoms with Gasteiger partial charge in [0.1, 0.15) is 47.3 Å². The number of halogens is 2. The average Bonchev–Trinajstić information content (AvgIpc) is 3.36. The number of carbonyl (C=O) groups is 8. The predicted octanol–water partition coefficient (Wildman–Crippen LogP) is -0.817. The Bertz CT molecular complexity index is 2350. The van der Waals surface area contributed by atoms with Crippen LogP contribution < -0.4 is 43.4 Å². The Morgan fingerprint density at radius 3 is 1.08 bits per heavy atom. The van der Waals surface area contributed by atoms with Gasteiger partial charge in [0.2, 0.25) is 47.3 Å². The van der Waals surface area contributed by atoms with Crippen LogP contribution in [0.3, 0.4) is 0 Å². The molecule has 22 heteroatoms. The third-order valence-electron chi connectivity index (χ3n) is 11.7. The molecule has 1 aliphatic heterocycles. The van der Waals surface area contributed by atoms with E-state index in [1.807, 2.05) is 0 Å². The molecule has 0 bridgehead atoms. The van der Waals surface area contributed by atoms with E-state index >= 15 is 0 Å². The van der Waals surface area contributed by atoms with Crippen molar-refractivity contribution >= 4 is 47.3 Å². The fourth-order valence-corrected chi connectivity index (χ4v) is 7.56. The third kappa shape index (κ3) is 17.2. The molecule has 1 fully saturated rings. The Balaban J connectivity index is 1.15. The number of phenolic OH excluding ortho intramolecular Hbond substituents is 2. The molecule has 1 heterocycles. The van der Waals surface area contributed by atoms with Crippen LogP contribution in [0.2, 0.25) is 0 Å². The Hall–Kier alpha value is -7.98. The van der Waals surface area contributed by atoms with E-state index in [2.05, 4.69) is 31.9 Å². The number of nitrogens with one attached hydrogen (secondary N) is 6. The van der Waals surface area contributed by atoms with Crippen molar-refractivity contribution in [2.24, 2.45) is 11.5 Å². The fourth-order valence-electron chi connectivity index (χ4n) is 7.56. The van der Waals surface area contributed by atoms with E-state index in [9.17, 15) is 57.4 Å². The van der Waals surface area contributed by atoms with Crippen LogP contribution in [0.1, 0.15) is 36.1 Å². The minimum absolute atomic E-state index is 0.00132. The van der Waals surface area contributed by atoms with E-state index in [1.54, 1.807) is 24.3 Å². The van der Waals surface area contributed by atoms with Crippen LogP contribution in [0, 0.1) is 11.6 Å². The lowest BCUT2D eigenvalue weighted by Gasteiger charge is -2.38. The maximum absolute atomic E-state index is 14.1. The zero-order valence-corrected chi connectivity index (χ0v) is 39.7. The van der Waals surface area contributed by atoms with Gasteiger partial charge in [-0.2, -0.15) is 0 Å². The number of aromatic hydroxyl groups is 2. The van der Waals surface area contributed by atoms with Crippen LogP contribution in [-0.2, 0) is 64.0 Å². The van der Waals surface area contributed by atoms with Gasteiger partial charge in [-0.15, -0.1) is 0 Å². The monoisotopic (exact) mass is 998 g/mol. The highest BCUT2D eigenvalue weighted by molar-refractivity contribution is 5.95. The summed E-state index contributed by atoms with van der Waals surface area (Å²) in [6.45, 7) is 1.64. The Kier molecular flexibility index (Phi) is 20.1. The highest BCUT2D eigenvalue weighted by Gasteiger charge is 2.34. The number of piperazine rings is 1. The SMILES string of the molecule is C[C@@H](NC(=O)[C@@H](N)Cc1ccc(O)cc1)C(=O)NCC(=O)N[C@@H](Cc1ccc(F)cc1)C(=O)N1CCN(C(=O)[C@H](Cc2ccc(F)cc2)NC(=O)CNC(=O)[C@@H](C)NC(=O)[C@@H](N)Cc2ccc(O)cc2)CC1. The van der Waals surface area contributed by atoms with Crippen molar-refractivity contribution in [3.63, 3.8) is 0 Å². The van der Waals surface area contributed by atoms with Crippen LogP contribution >= 0.6 is 0 Å². The van der Waals surface area contributed by atoms with E-state index in [0.717, 1.165) is 0 Å². The quantitative estimate of drug-likeness (QED) is 0.0462. The molecule has 0 radical (unpaired) electrons. The second-order valence-electron chi connectivity index (χ2n) is 17.4. The van der Waals surface area contributed by atoms with Gasteiger partial charge in [0.15, 0.2) is 0 Å². The highest BCUT2D eigenvalue weighted by Crippen LogP contribution is 2.15. The fraction of sp³-hybridized carbons (Fsp3) is 0.360. The van der Waals surface area contributed by atoms with E-state index in [-0.39, 0.29) is 63.4 Å². The lowest BCUT2D eigenvalue weighted by atomic mass is 10.0. The molecule has 4 aromatic carbocycles. The van der Waals surface area contributed by atoms with Crippen LogP contribution in [0.25, 0.3) is 0 Å². The summed E-state index contributed by atoms with van der Waals surface area (Å²) >= 11 is 0. The van der Waals surface area contributed by atoms with Gasteiger partial charge in [-0.25, -0.2) is 8.78 Å². The van der Waals surface area contributed by atoms with Gasteiger partial charge in [0, 0.05) is 39.0 Å². The minimum atomic E-state index is -1.20. The van der Waals surface area contributed by atoms with E-state index in [1.165, 1.54) is 96.4 Å². The van der Waals surface area contributed by atoms with E-state index in [4.69, 9.17) is 11.5 Å². The first kappa shape index (κ1) is 55.0. The number of rotatable bonds is 22.